The lowest BCUT2D eigenvalue weighted by atomic mass is 10.1. The normalized spacial score (nSPS) is 10.6. The maximum atomic E-state index is 12.3. The van der Waals surface area contributed by atoms with Gasteiger partial charge in [-0.2, -0.15) is 0 Å². The molecule has 2 aromatic carbocycles. The molecule has 5 nitrogen and oxygen atoms in total. The van der Waals surface area contributed by atoms with E-state index in [-0.39, 0.29) is 11.5 Å². The molecule has 0 spiro atoms. The number of aromatic nitrogens is 1. The van der Waals surface area contributed by atoms with E-state index in [0.717, 1.165) is 27.2 Å². The maximum absolute atomic E-state index is 12.3. The van der Waals surface area contributed by atoms with Crippen molar-refractivity contribution in [2.45, 2.75) is 18.4 Å². The third-order valence-electron chi connectivity index (χ3n) is 3.82. The molecule has 0 aliphatic carbocycles. The minimum Gasteiger partial charge on any atom is -0.381 e. The van der Waals surface area contributed by atoms with Gasteiger partial charge >= 0.3 is 0 Å². The van der Waals surface area contributed by atoms with Crippen LogP contribution in [-0.4, -0.2) is 17.1 Å². The van der Waals surface area contributed by atoms with Gasteiger partial charge in [0.1, 0.15) is 0 Å². The van der Waals surface area contributed by atoms with E-state index >= 15 is 0 Å². The Morgan fingerprint density at radius 2 is 1.80 bits per heavy atom. The number of aromatic amines is 1. The topological polar surface area (TPSA) is 74.0 Å². The third-order valence-corrected chi connectivity index (χ3v) is 4.54. The van der Waals surface area contributed by atoms with E-state index in [1.165, 1.54) is 6.92 Å². The molecule has 0 saturated heterocycles. The van der Waals surface area contributed by atoms with Gasteiger partial charge in [0.15, 0.2) is 0 Å². The Morgan fingerprint density at radius 3 is 2.48 bits per heavy atom. The molecule has 3 aromatic rings. The Kier molecular flexibility index (Phi) is 5.09. The Hall–Kier alpha value is -2.73. The highest BCUT2D eigenvalue weighted by atomic mass is 32.2. The summed E-state index contributed by atoms with van der Waals surface area (Å²) in [6.07, 6.45) is 2.01. The monoisotopic (exact) mass is 353 g/mol. The van der Waals surface area contributed by atoms with E-state index in [4.69, 9.17) is 0 Å². The van der Waals surface area contributed by atoms with Crippen LogP contribution in [0, 0.1) is 0 Å². The van der Waals surface area contributed by atoms with Crippen molar-refractivity contribution in [2.24, 2.45) is 0 Å². The molecule has 128 valence electrons. The zero-order chi connectivity index (χ0) is 17.8. The largest absolute Gasteiger partial charge is 0.381 e. The average molecular weight is 353 g/mol. The predicted octanol–water partition coefficient (Wildman–Crippen LogP) is 3.82. The number of hydrogen-bond acceptors (Lipinski definition) is 4. The Labute approximate surface area is 149 Å². The fourth-order valence-corrected chi connectivity index (χ4v) is 3.00. The zero-order valence-corrected chi connectivity index (χ0v) is 14.9. The molecule has 0 aliphatic rings. The lowest BCUT2D eigenvalue weighted by Gasteiger charge is -2.09. The molecule has 0 fully saturated rings. The number of hydrogen-bond donors (Lipinski definition) is 3. The number of rotatable bonds is 5. The minimum absolute atomic E-state index is 0.0897. The number of nitrogens with one attached hydrogen (secondary N) is 3. The first kappa shape index (κ1) is 17.1. The lowest BCUT2D eigenvalue weighted by molar-refractivity contribution is -0.114. The van der Waals surface area contributed by atoms with Crippen LogP contribution < -0.4 is 16.2 Å². The quantitative estimate of drug-likeness (QED) is 0.610. The molecule has 0 aliphatic heterocycles. The van der Waals surface area contributed by atoms with E-state index < -0.39 is 0 Å². The highest BCUT2D eigenvalue weighted by molar-refractivity contribution is 7.98. The van der Waals surface area contributed by atoms with Crippen LogP contribution in [0.4, 0.5) is 11.4 Å². The third kappa shape index (κ3) is 4.22. The molecule has 3 rings (SSSR count). The highest BCUT2D eigenvalue weighted by Crippen LogP contribution is 2.20. The van der Waals surface area contributed by atoms with E-state index in [1.807, 2.05) is 54.8 Å². The Morgan fingerprint density at radius 1 is 1.08 bits per heavy atom. The Bertz CT molecular complexity index is 965. The number of amides is 1. The second-order valence-corrected chi connectivity index (χ2v) is 6.57. The summed E-state index contributed by atoms with van der Waals surface area (Å²) in [5, 5.41) is 6.96. The predicted molar refractivity (Wildman–Crippen MR) is 104 cm³/mol. The van der Waals surface area contributed by atoms with Crippen LogP contribution in [-0.2, 0) is 11.3 Å². The molecule has 0 unspecified atom stereocenters. The number of fused-ring (bicyclic) bond motifs is 1. The SMILES string of the molecule is CSc1ccc2cc(CNc3ccc(NC(C)=O)cc3)c(=O)[nH]c2c1. The van der Waals surface area contributed by atoms with Crippen LogP contribution >= 0.6 is 11.8 Å². The van der Waals surface area contributed by atoms with Crippen molar-refractivity contribution in [3.05, 3.63) is 64.4 Å². The zero-order valence-electron chi connectivity index (χ0n) is 14.1. The number of anilines is 2. The van der Waals surface area contributed by atoms with E-state index in [1.54, 1.807) is 11.8 Å². The van der Waals surface area contributed by atoms with Crippen molar-refractivity contribution < 1.29 is 4.79 Å². The summed E-state index contributed by atoms with van der Waals surface area (Å²) in [5.41, 5.74) is 3.06. The fourth-order valence-electron chi connectivity index (χ4n) is 2.56. The lowest BCUT2D eigenvalue weighted by Crippen LogP contribution is -2.15. The first-order chi connectivity index (χ1) is 12.0. The number of thioether (sulfide) groups is 1. The van der Waals surface area contributed by atoms with Gasteiger partial charge in [0.05, 0.1) is 0 Å². The number of benzene rings is 2. The Balaban J connectivity index is 1.75. The van der Waals surface area contributed by atoms with Crippen molar-refractivity contribution in [1.82, 2.24) is 4.98 Å². The van der Waals surface area contributed by atoms with Crippen LogP contribution in [0.3, 0.4) is 0 Å². The summed E-state index contributed by atoms with van der Waals surface area (Å²) >= 11 is 1.65. The molecule has 1 heterocycles. The molecule has 0 atom stereocenters. The van der Waals surface area contributed by atoms with Gasteiger partial charge < -0.3 is 15.6 Å². The fraction of sp³-hybridized carbons (Fsp3) is 0.158. The molecule has 25 heavy (non-hydrogen) atoms. The van der Waals surface area contributed by atoms with Crippen LogP contribution in [0.5, 0.6) is 0 Å². The number of pyridine rings is 1. The first-order valence-electron chi connectivity index (χ1n) is 7.86. The van der Waals surface area contributed by atoms with Crippen molar-refractivity contribution in [3.8, 4) is 0 Å². The minimum atomic E-state index is -0.104. The van der Waals surface area contributed by atoms with E-state index in [9.17, 15) is 9.59 Å². The molecular weight excluding hydrogens is 334 g/mol. The van der Waals surface area contributed by atoms with Gasteiger partial charge in [-0.05, 0) is 54.1 Å². The van der Waals surface area contributed by atoms with Crippen LogP contribution in [0.2, 0.25) is 0 Å². The highest BCUT2D eigenvalue weighted by Gasteiger charge is 2.04. The maximum Gasteiger partial charge on any atom is 0.253 e. The summed E-state index contributed by atoms with van der Waals surface area (Å²) in [6, 6.07) is 15.3. The van der Waals surface area contributed by atoms with Gasteiger partial charge in [-0.15, -0.1) is 11.8 Å². The van der Waals surface area contributed by atoms with E-state index in [2.05, 4.69) is 15.6 Å². The molecule has 1 amide bonds. The van der Waals surface area contributed by atoms with Crippen molar-refractivity contribution in [1.29, 1.82) is 0 Å². The molecule has 0 saturated carbocycles. The van der Waals surface area contributed by atoms with Gasteiger partial charge in [0, 0.05) is 40.8 Å². The molecular formula is C19H19N3O2S. The smallest absolute Gasteiger partial charge is 0.253 e. The summed E-state index contributed by atoms with van der Waals surface area (Å²) < 4.78 is 0. The summed E-state index contributed by atoms with van der Waals surface area (Å²) in [4.78, 5) is 27.4. The van der Waals surface area contributed by atoms with Gasteiger partial charge in [0.25, 0.3) is 5.56 Å². The first-order valence-corrected chi connectivity index (χ1v) is 9.09. The second-order valence-electron chi connectivity index (χ2n) is 5.69. The summed E-state index contributed by atoms with van der Waals surface area (Å²) in [5.74, 6) is -0.104. The second kappa shape index (κ2) is 7.44. The molecule has 0 radical (unpaired) electrons. The van der Waals surface area contributed by atoms with Crippen LogP contribution in [0.1, 0.15) is 12.5 Å². The molecule has 6 heteroatoms. The standard InChI is InChI=1S/C19H19N3O2S/c1-12(23)21-16-6-4-15(5-7-16)20-11-14-9-13-3-8-17(25-2)10-18(13)22-19(14)24/h3-10,20H,11H2,1-2H3,(H,21,23)(H,22,24). The van der Waals surface area contributed by atoms with Crippen molar-refractivity contribution in [2.75, 3.05) is 16.9 Å². The molecule has 1 aromatic heterocycles. The summed E-state index contributed by atoms with van der Waals surface area (Å²) in [7, 11) is 0. The molecule has 3 N–H and O–H groups in total. The van der Waals surface area contributed by atoms with Gasteiger partial charge in [-0.3, -0.25) is 9.59 Å². The number of carbonyl (C=O) groups is 1. The van der Waals surface area contributed by atoms with Crippen LogP contribution in [0.25, 0.3) is 10.9 Å². The van der Waals surface area contributed by atoms with Gasteiger partial charge in [-0.25, -0.2) is 0 Å². The van der Waals surface area contributed by atoms with Gasteiger partial charge in [-0.1, -0.05) is 6.07 Å². The summed E-state index contributed by atoms with van der Waals surface area (Å²) in [6.45, 7) is 1.90. The van der Waals surface area contributed by atoms with Crippen molar-refractivity contribution in [3.63, 3.8) is 0 Å². The van der Waals surface area contributed by atoms with E-state index in [0.29, 0.717) is 12.1 Å². The number of H-pyrrole nitrogens is 1. The van der Waals surface area contributed by atoms with Crippen molar-refractivity contribution >= 4 is 39.9 Å². The number of carbonyl (C=O) groups excluding carboxylic acids is 1. The van der Waals surface area contributed by atoms with Crippen LogP contribution in [0.15, 0.2) is 58.2 Å². The molecule has 0 bridgehead atoms. The van der Waals surface area contributed by atoms with Gasteiger partial charge in [0.2, 0.25) is 5.91 Å². The average Bonchev–Trinajstić information content (AvgIpc) is 2.60.